The Bertz CT molecular complexity index is 391. The Balaban J connectivity index is 0.00000180. The Morgan fingerprint density at radius 2 is 2.16 bits per heavy atom. The third-order valence-electron chi connectivity index (χ3n) is 2.92. The highest BCUT2D eigenvalue weighted by Gasteiger charge is 2.26. The van der Waals surface area contributed by atoms with Gasteiger partial charge in [-0.25, -0.2) is 9.18 Å². The molecule has 0 bridgehead atoms. The minimum Gasteiger partial charge on any atom is -0.445 e. The summed E-state index contributed by atoms with van der Waals surface area (Å²) in [4.78, 5) is 11.5. The van der Waals surface area contributed by atoms with Gasteiger partial charge in [-0.3, -0.25) is 0 Å². The number of alkyl carbamates (subject to hydrolysis) is 1. The van der Waals surface area contributed by atoms with Crippen LogP contribution in [0.3, 0.4) is 0 Å². The van der Waals surface area contributed by atoms with E-state index in [2.05, 4.69) is 10.6 Å². The molecule has 1 fully saturated rings. The van der Waals surface area contributed by atoms with Crippen molar-refractivity contribution in [1.82, 2.24) is 10.6 Å². The zero-order valence-electron chi connectivity index (χ0n) is 10.5. The summed E-state index contributed by atoms with van der Waals surface area (Å²) >= 11 is 0. The molecule has 0 radical (unpaired) electrons. The number of piperidine rings is 1. The van der Waals surface area contributed by atoms with Crippen LogP contribution >= 0.6 is 12.4 Å². The van der Waals surface area contributed by atoms with Gasteiger partial charge in [-0.05, 0) is 18.5 Å². The number of carbonyl (C=O) groups excluding carboxylic acids is 1. The lowest BCUT2D eigenvalue weighted by atomic mass is 10.1. The smallest absolute Gasteiger partial charge is 0.407 e. The third kappa shape index (κ3) is 5.04. The van der Waals surface area contributed by atoms with Crippen LogP contribution in [0, 0.1) is 0 Å². The first-order valence-corrected chi connectivity index (χ1v) is 6.07. The fraction of sp³-hybridized carbons (Fsp3) is 0.462. The van der Waals surface area contributed by atoms with Gasteiger partial charge in [0.25, 0.3) is 0 Å². The second-order valence-electron chi connectivity index (χ2n) is 4.32. The van der Waals surface area contributed by atoms with E-state index in [-0.39, 0.29) is 25.6 Å². The molecule has 106 valence electrons. The Kier molecular flexibility index (Phi) is 6.59. The topological polar surface area (TPSA) is 50.4 Å². The van der Waals surface area contributed by atoms with E-state index in [1.807, 2.05) is 30.3 Å². The molecular formula is C13H18ClFN2O2. The van der Waals surface area contributed by atoms with Gasteiger partial charge in [0.2, 0.25) is 0 Å². The van der Waals surface area contributed by atoms with Crippen molar-refractivity contribution in [2.24, 2.45) is 0 Å². The van der Waals surface area contributed by atoms with Crippen molar-refractivity contribution in [2.45, 2.75) is 25.2 Å². The van der Waals surface area contributed by atoms with Crippen LogP contribution in [0.25, 0.3) is 0 Å². The maximum atomic E-state index is 13.4. The maximum absolute atomic E-state index is 13.4. The molecule has 1 aromatic rings. The molecule has 2 atom stereocenters. The monoisotopic (exact) mass is 288 g/mol. The van der Waals surface area contributed by atoms with Gasteiger partial charge in [-0.15, -0.1) is 12.4 Å². The second kappa shape index (κ2) is 7.96. The molecule has 0 spiro atoms. The highest BCUT2D eigenvalue weighted by molar-refractivity contribution is 5.85. The van der Waals surface area contributed by atoms with Crippen LogP contribution in [0.1, 0.15) is 12.0 Å². The lowest BCUT2D eigenvalue weighted by Crippen LogP contribution is -2.50. The average Bonchev–Trinajstić information content (AvgIpc) is 2.40. The van der Waals surface area contributed by atoms with Crippen LogP contribution in [0.15, 0.2) is 30.3 Å². The molecular weight excluding hydrogens is 271 g/mol. The van der Waals surface area contributed by atoms with Gasteiger partial charge in [0, 0.05) is 6.54 Å². The van der Waals surface area contributed by atoms with Gasteiger partial charge in [0.05, 0.1) is 6.04 Å². The van der Waals surface area contributed by atoms with Crippen LogP contribution in [0.5, 0.6) is 0 Å². The fourth-order valence-corrected chi connectivity index (χ4v) is 1.90. The first-order chi connectivity index (χ1) is 8.75. The van der Waals surface area contributed by atoms with E-state index in [9.17, 15) is 9.18 Å². The molecule has 1 aromatic carbocycles. The van der Waals surface area contributed by atoms with Gasteiger partial charge < -0.3 is 15.4 Å². The van der Waals surface area contributed by atoms with Crippen LogP contribution in [0.2, 0.25) is 0 Å². The number of amides is 1. The van der Waals surface area contributed by atoms with E-state index in [0.29, 0.717) is 13.0 Å². The predicted octanol–water partition coefficient (Wildman–Crippen LogP) is 2.03. The van der Waals surface area contributed by atoms with E-state index in [1.165, 1.54) is 0 Å². The normalized spacial score (nSPS) is 22.2. The molecule has 1 amide bonds. The summed E-state index contributed by atoms with van der Waals surface area (Å²) in [6.07, 6.45) is -1.03. The Labute approximate surface area is 118 Å². The summed E-state index contributed by atoms with van der Waals surface area (Å²) in [7, 11) is 0. The van der Waals surface area contributed by atoms with Crippen LogP contribution in [0.4, 0.5) is 9.18 Å². The number of alkyl halides is 1. The molecule has 2 N–H and O–H groups in total. The van der Waals surface area contributed by atoms with Crippen LogP contribution in [-0.4, -0.2) is 31.4 Å². The molecule has 4 nitrogen and oxygen atoms in total. The molecule has 2 rings (SSSR count). The minimum atomic E-state index is -1.05. The van der Waals surface area contributed by atoms with E-state index in [0.717, 1.165) is 5.56 Å². The molecule has 19 heavy (non-hydrogen) atoms. The zero-order valence-corrected chi connectivity index (χ0v) is 11.3. The highest BCUT2D eigenvalue weighted by Crippen LogP contribution is 2.08. The molecule has 1 aliphatic rings. The van der Waals surface area contributed by atoms with Gasteiger partial charge in [-0.2, -0.15) is 0 Å². The van der Waals surface area contributed by atoms with Crippen molar-refractivity contribution in [3.63, 3.8) is 0 Å². The van der Waals surface area contributed by atoms with Gasteiger partial charge >= 0.3 is 6.09 Å². The van der Waals surface area contributed by atoms with Gasteiger partial charge in [-0.1, -0.05) is 30.3 Å². The SMILES string of the molecule is Cl.O=C(N[C@@H]1CCNC[C@@H]1F)OCc1ccccc1. The fourth-order valence-electron chi connectivity index (χ4n) is 1.90. The summed E-state index contributed by atoms with van der Waals surface area (Å²) in [5.41, 5.74) is 0.912. The molecule has 0 aliphatic carbocycles. The lowest BCUT2D eigenvalue weighted by Gasteiger charge is -2.27. The predicted molar refractivity (Wildman–Crippen MR) is 73.2 cm³/mol. The van der Waals surface area contributed by atoms with Gasteiger partial charge in [0.1, 0.15) is 12.8 Å². The van der Waals surface area contributed by atoms with E-state index in [1.54, 1.807) is 0 Å². The van der Waals surface area contributed by atoms with Crippen molar-refractivity contribution in [3.05, 3.63) is 35.9 Å². The van der Waals surface area contributed by atoms with E-state index >= 15 is 0 Å². The minimum absolute atomic E-state index is 0. The molecule has 1 aliphatic heterocycles. The maximum Gasteiger partial charge on any atom is 0.407 e. The number of hydrogen-bond acceptors (Lipinski definition) is 3. The van der Waals surface area contributed by atoms with E-state index < -0.39 is 18.3 Å². The number of rotatable bonds is 3. The number of hydrogen-bond donors (Lipinski definition) is 2. The van der Waals surface area contributed by atoms with E-state index in [4.69, 9.17) is 4.74 Å². The number of ether oxygens (including phenoxy) is 1. The van der Waals surface area contributed by atoms with Crippen molar-refractivity contribution >= 4 is 18.5 Å². The first-order valence-electron chi connectivity index (χ1n) is 6.07. The first kappa shape index (κ1) is 15.7. The van der Waals surface area contributed by atoms with Crippen LogP contribution < -0.4 is 10.6 Å². The molecule has 0 saturated carbocycles. The number of halogens is 2. The number of benzene rings is 1. The largest absolute Gasteiger partial charge is 0.445 e. The Hall–Kier alpha value is -1.33. The standard InChI is InChI=1S/C13H17FN2O2.ClH/c14-11-8-15-7-6-12(11)16-13(17)18-9-10-4-2-1-3-5-10;/h1-5,11-12,15H,6-9H2,(H,16,17);1H/t11-,12+;/m0./s1. The summed E-state index contributed by atoms with van der Waals surface area (Å²) in [6, 6.07) is 8.94. The molecule has 0 unspecified atom stereocenters. The third-order valence-corrected chi connectivity index (χ3v) is 2.92. The van der Waals surface area contributed by atoms with Crippen molar-refractivity contribution in [3.8, 4) is 0 Å². The van der Waals surface area contributed by atoms with Crippen molar-refractivity contribution < 1.29 is 13.9 Å². The lowest BCUT2D eigenvalue weighted by molar-refractivity contribution is 0.122. The quantitative estimate of drug-likeness (QED) is 0.895. The van der Waals surface area contributed by atoms with Crippen molar-refractivity contribution in [2.75, 3.05) is 13.1 Å². The Morgan fingerprint density at radius 3 is 2.84 bits per heavy atom. The molecule has 1 heterocycles. The molecule has 0 aromatic heterocycles. The summed E-state index contributed by atoms with van der Waals surface area (Å²) < 4.78 is 18.5. The second-order valence-corrected chi connectivity index (χ2v) is 4.32. The number of carbonyl (C=O) groups is 1. The summed E-state index contributed by atoms with van der Waals surface area (Å²) in [6.45, 7) is 1.20. The summed E-state index contributed by atoms with van der Waals surface area (Å²) in [5, 5.41) is 5.49. The molecule has 1 saturated heterocycles. The van der Waals surface area contributed by atoms with Crippen molar-refractivity contribution in [1.29, 1.82) is 0 Å². The Morgan fingerprint density at radius 1 is 1.42 bits per heavy atom. The molecule has 6 heteroatoms. The van der Waals surface area contributed by atoms with Crippen LogP contribution in [-0.2, 0) is 11.3 Å². The highest BCUT2D eigenvalue weighted by atomic mass is 35.5. The summed E-state index contributed by atoms with van der Waals surface area (Å²) in [5.74, 6) is 0. The zero-order chi connectivity index (χ0) is 12.8. The average molecular weight is 289 g/mol. The van der Waals surface area contributed by atoms with Gasteiger partial charge in [0.15, 0.2) is 0 Å². The number of nitrogens with one attached hydrogen (secondary N) is 2.